The Hall–Kier alpha value is -1.89. The average Bonchev–Trinajstić information content (AvgIpc) is 2.96. The van der Waals surface area contributed by atoms with Gasteiger partial charge in [-0.15, -0.1) is 0 Å². The average molecular weight is 325 g/mol. The molecule has 22 heavy (non-hydrogen) atoms. The van der Waals surface area contributed by atoms with Crippen molar-refractivity contribution in [1.29, 1.82) is 0 Å². The summed E-state index contributed by atoms with van der Waals surface area (Å²) < 4.78 is 24.8. The lowest BCUT2D eigenvalue weighted by Gasteiger charge is -2.19. The normalized spacial score (nSPS) is 18.7. The highest BCUT2D eigenvalue weighted by Gasteiger charge is 2.33. The highest BCUT2D eigenvalue weighted by Crippen LogP contribution is 2.25. The van der Waals surface area contributed by atoms with Crippen LogP contribution in [0, 0.1) is 5.92 Å². The number of carbonyl (C=O) groups excluding carboxylic acids is 1. The van der Waals surface area contributed by atoms with Crippen LogP contribution in [0.1, 0.15) is 30.6 Å². The van der Waals surface area contributed by atoms with Crippen LogP contribution in [0.3, 0.4) is 0 Å². The Morgan fingerprint density at radius 2 is 1.91 bits per heavy atom. The summed E-state index contributed by atoms with van der Waals surface area (Å²) in [5.41, 5.74) is 0.113. The standard InChI is InChI=1S/C15H19NO5S/c1-10(2)22(20,21)13-6-4-3-5-12(13)14(17)16-8-7-11(9-16)15(18)19/h3-6,10-11H,7-9H2,1-2H3,(H,18,19). The molecule has 0 spiro atoms. The van der Waals surface area contributed by atoms with Crippen molar-refractivity contribution in [3.8, 4) is 0 Å². The summed E-state index contributed by atoms with van der Waals surface area (Å²) >= 11 is 0. The lowest BCUT2D eigenvalue weighted by molar-refractivity contribution is -0.141. The first kappa shape index (κ1) is 16.5. The van der Waals surface area contributed by atoms with Crippen molar-refractivity contribution in [2.45, 2.75) is 30.4 Å². The summed E-state index contributed by atoms with van der Waals surface area (Å²) in [6, 6.07) is 6.09. The van der Waals surface area contributed by atoms with E-state index >= 15 is 0 Å². The molecule has 0 aromatic heterocycles. The predicted octanol–water partition coefficient (Wildman–Crippen LogP) is 1.42. The van der Waals surface area contributed by atoms with Crippen LogP contribution < -0.4 is 0 Å². The highest BCUT2D eigenvalue weighted by molar-refractivity contribution is 7.92. The fourth-order valence-electron chi connectivity index (χ4n) is 2.46. The smallest absolute Gasteiger partial charge is 0.308 e. The molecule has 0 radical (unpaired) electrons. The van der Waals surface area contributed by atoms with Gasteiger partial charge in [0, 0.05) is 13.1 Å². The van der Waals surface area contributed by atoms with Gasteiger partial charge >= 0.3 is 5.97 Å². The van der Waals surface area contributed by atoms with E-state index in [4.69, 9.17) is 5.11 Å². The number of nitrogens with zero attached hydrogens (tertiary/aromatic N) is 1. The molecule has 1 aliphatic heterocycles. The Balaban J connectivity index is 2.35. The molecule has 1 saturated heterocycles. The second kappa shape index (κ2) is 6.08. The molecular formula is C15H19NO5S. The molecule has 1 N–H and O–H groups in total. The van der Waals surface area contributed by atoms with Crippen molar-refractivity contribution in [1.82, 2.24) is 4.90 Å². The molecule has 1 amide bonds. The van der Waals surface area contributed by atoms with E-state index in [0.717, 1.165) is 0 Å². The van der Waals surface area contributed by atoms with Crippen LogP contribution in [-0.4, -0.2) is 48.6 Å². The minimum atomic E-state index is -3.58. The maximum absolute atomic E-state index is 12.6. The number of rotatable bonds is 4. The largest absolute Gasteiger partial charge is 0.481 e. The van der Waals surface area contributed by atoms with Gasteiger partial charge < -0.3 is 10.0 Å². The Morgan fingerprint density at radius 1 is 1.27 bits per heavy atom. The molecule has 0 saturated carbocycles. The lowest BCUT2D eigenvalue weighted by atomic mass is 10.1. The van der Waals surface area contributed by atoms with Crippen molar-refractivity contribution in [2.75, 3.05) is 13.1 Å². The zero-order valence-electron chi connectivity index (χ0n) is 12.5. The summed E-state index contributed by atoms with van der Waals surface area (Å²) in [6.07, 6.45) is 0.389. The summed E-state index contributed by atoms with van der Waals surface area (Å²) in [7, 11) is -3.58. The maximum atomic E-state index is 12.6. The molecule has 1 heterocycles. The van der Waals surface area contributed by atoms with E-state index in [9.17, 15) is 18.0 Å². The van der Waals surface area contributed by atoms with Gasteiger partial charge in [0.05, 0.1) is 21.6 Å². The van der Waals surface area contributed by atoms with Crippen LogP contribution in [-0.2, 0) is 14.6 Å². The van der Waals surface area contributed by atoms with Gasteiger partial charge in [-0.05, 0) is 32.4 Å². The number of aliphatic carboxylic acids is 1. The highest BCUT2D eigenvalue weighted by atomic mass is 32.2. The number of amides is 1. The fraction of sp³-hybridized carbons (Fsp3) is 0.467. The van der Waals surface area contributed by atoms with Gasteiger partial charge in [-0.2, -0.15) is 0 Å². The number of hydrogen-bond acceptors (Lipinski definition) is 4. The van der Waals surface area contributed by atoms with E-state index in [1.165, 1.54) is 17.0 Å². The molecule has 1 aromatic rings. The van der Waals surface area contributed by atoms with Crippen molar-refractivity contribution in [3.05, 3.63) is 29.8 Å². The van der Waals surface area contributed by atoms with Gasteiger partial charge in [-0.3, -0.25) is 9.59 Å². The first-order valence-electron chi connectivity index (χ1n) is 7.10. The molecule has 7 heteroatoms. The molecule has 120 valence electrons. The molecular weight excluding hydrogens is 306 g/mol. The van der Waals surface area contributed by atoms with Crippen LogP contribution in [0.2, 0.25) is 0 Å². The summed E-state index contributed by atoms with van der Waals surface area (Å²) in [5, 5.41) is 8.37. The van der Waals surface area contributed by atoms with Crippen LogP contribution in [0.25, 0.3) is 0 Å². The Morgan fingerprint density at radius 3 is 2.45 bits per heavy atom. The van der Waals surface area contributed by atoms with Crippen LogP contribution in [0.4, 0.5) is 0 Å². The molecule has 1 unspecified atom stereocenters. The summed E-state index contributed by atoms with van der Waals surface area (Å²) in [6.45, 7) is 3.57. The molecule has 1 aromatic carbocycles. The molecule has 1 fully saturated rings. The topological polar surface area (TPSA) is 91.8 Å². The van der Waals surface area contributed by atoms with Crippen LogP contribution in [0.15, 0.2) is 29.2 Å². The molecule has 1 atom stereocenters. The van der Waals surface area contributed by atoms with Crippen molar-refractivity contribution in [2.24, 2.45) is 5.92 Å². The monoisotopic (exact) mass is 325 g/mol. The zero-order chi connectivity index (χ0) is 16.5. The Bertz CT molecular complexity index is 696. The van der Waals surface area contributed by atoms with Gasteiger partial charge in [-0.1, -0.05) is 12.1 Å². The Kier molecular flexibility index (Phi) is 4.55. The van der Waals surface area contributed by atoms with Crippen LogP contribution in [0.5, 0.6) is 0 Å². The third-order valence-electron chi connectivity index (χ3n) is 3.87. The summed E-state index contributed by atoms with van der Waals surface area (Å²) in [4.78, 5) is 25.0. The van der Waals surface area contributed by atoms with Gasteiger partial charge in [0.2, 0.25) is 0 Å². The molecule has 0 aliphatic carbocycles. The molecule has 2 rings (SSSR count). The zero-order valence-corrected chi connectivity index (χ0v) is 13.3. The third kappa shape index (κ3) is 2.99. The van der Waals surface area contributed by atoms with E-state index in [-0.39, 0.29) is 17.0 Å². The van der Waals surface area contributed by atoms with E-state index in [1.54, 1.807) is 26.0 Å². The second-order valence-corrected chi connectivity index (χ2v) is 8.14. The van der Waals surface area contributed by atoms with E-state index in [1.807, 2.05) is 0 Å². The first-order chi connectivity index (χ1) is 10.2. The number of sulfone groups is 1. The van der Waals surface area contributed by atoms with Crippen LogP contribution >= 0.6 is 0 Å². The minimum Gasteiger partial charge on any atom is -0.481 e. The SMILES string of the molecule is CC(C)S(=O)(=O)c1ccccc1C(=O)N1CCC(C(=O)O)C1. The second-order valence-electron chi connectivity index (χ2n) is 5.66. The molecule has 6 nitrogen and oxygen atoms in total. The van der Waals surface area contributed by atoms with Crippen molar-refractivity contribution in [3.63, 3.8) is 0 Å². The number of likely N-dealkylation sites (tertiary alicyclic amines) is 1. The van der Waals surface area contributed by atoms with Crippen molar-refractivity contribution >= 4 is 21.7 Å². The van der Waals surface area contributed by atoms with Crippen molar-refractivity contribution < 1.29 is 23.1 Å². The van der Waals surface area contributed by atoms with E-state index in [0.29, 0.717) is 13.0 Å². The van der Waals surface area contributed by atoms with Gasteiger partial charge in [0.1, 0.15) is 0 Å². The number of carbonyl (C=O) groups is 2. The number of hydrogen-bond donors (Lipinski definition) is 1. The van der Waals surface area contributed by atoms with Gasteiger partial charge in [-0.25, -0.2) is 8.42 Å². The van der Waals surface area contributed by atoms with E-state index in [2.05, 4.69) is 0 Å². The fourth-order valence-corrected chi connectivity index (χ4v) is 3.70. The number of benzene rings is 1. The summed E-state index contributed by atoms with van der Waals surface area (Å²) in [5.74, 6) is -1.94. The minimum absolute atomic E-state index is 0.00813. The van der Waals surface area contributed by atoms with Gasteiger partial charge in [0.25, 0.3) is 5.91 Å². The molecule has 1 aliphatic rings. The third-order valence-corrected chi connectivity index (χ3v) is 6.08. The van der Waals surface area contributed by atoms with Gasteiger partial charge in [0.15, 0.2) is 9.84 Å². The maximum Gasteiger partial charge on any atom is 0.308 e. The quantitative estimate of drug-likeness (QED) is 0.904. The van der Waals surface area contributed by atoms with E-state index < -0.39 is 32.9 Å². The number of carboxylic acids is 1. The lowest BCUT2D eigenvalue weighted by Crippen LogP contribution is -2.31. The Labute approximate surface area is 129 Å². The number of carboxylic acid groups (broad SMARTS) is 1. The predicted molar refractivity (Wildman–Crippen MR) is 80.4 cm³/mol. The first-order valence-corrected chi connectivity index (χ1v) is 8.64. The molecule has 0 bridgehead atoms.